The van der Waals surface area contributed by atoms with Crippen molar-refractivity contribution in [1.29, 1.82) is 0 Å². The van der Waals surface area contributed by atoms with Gasteiger partial charge in [0.05, 0.1) is 5.60 Å². The smallest absolute Gasteiger partial charge is 0.0677 e. The number of ether oxygens (including phenoxy) is 1. The van der Waals surface area contributed by atoms with Crippen molar-refractivity contribution in [3.63, 3.8) is 0 Å². The first-order valence-electron chi connectivity index (χ1n) is 9.42. The predicted molar refractivity (Wildman–Crippen MR) is 98.3 cm³/mol. The first kappa shape index (κ1) is 21.9. The third kappa shape index (κ3) is 9.81. The summed E-state index contributed by atoms with van der Waals surface area (Å²) in [4.78, 5) is 0. The maximum absolute atomic E-state index is 6.21. The van der Waals surface area contributed by atoms with Gasteiger partial charge in [-0.25, -0.2) is 0 Å². The largest absolute Gasteiger partial charge is 0.375 e. The van der Waals surface area contributed by atoms with Gasteiger partial charge in [-0.1, -0.05) is 52.9 Å². The van der Waals surface area contributed by atoms with Gasteiger partial charge < -0.3 is 15.8 Å². The van der Waals surface area contributed by atoms with E-state index >= 15 is 0 Å². The van der Waals surface area contributed by atoms with Crippen LogP contribution in [0.25, 0.3) is 0 Å². The lowest BCUT2D eigenvalue weighted by Gasteiger charge is -2.42. The van der Waals surface area contributed by atoms with Crippen molar-refractivity contribution in [3.8, 4) is 0 Å². The predicted octanol–water partition coefficient (Wildman–Crippen LogP) is 4.50. The molecule has 0 saturated heterocycles. The number of hydrogen-bond acceptors (Lipinski definition) is 3. The molecule has 0 radical (unpaired) electrons. The molecule has 3 nitrogen and oxygen atoms in total. The summed E-state index contributed by atoms with van der Waals surface area (Å²) in [6, 6.07) is 0. The van der Waals surface area contributed by atoms with Crippen molar-refractivity contribution in [1.82, 2.24) is 5.32 Å². The summed E-state index contributed by atoms with van der Waals surface area (Å²) < 4.78 is 6.21. The van der Waals surface area contributed by atoms with Crippen LogP contribution in [0, 0.1) is 5.41 Å². The number of nitrogens with one attached hydrogen (secondary N) is 1. The quantitative estimate of drug-likeness (QED) is 0.438. The van der Waals surface area contributed by atoms with Crippen LogP contribution in [0.2, 0.25) is 0 Å². The Labute approximate surface area is 139 Å². The molecule has 0 spiro atoms. The molecule has 0 heterocycles. The van der Waals surface area contributed by atoms with E-state index in [9.17, 15) is 0 Å². The van der Waals surface area contributed by atoms with Crippen molar-refractivity contribution in [2.45, 2.75) is 91.6 Å². The molecule has 3 N–H and O–H groups in total. The maximum atomic E-state index is 6.21. The number of nitrogens with two attached hydrogens (primary N) is 1. The van der Waals surface area contributed by atoms with Gasteiger partial charge >= 0.3 is 0 Å². The van der Waals surface area contributed by atoms with Gasteiger partial charge in [-0.05, 0) is 58.2 Å². The third-order valence-electron chi connectivity index (χ3n) is 5.05. The second-order valence-electron chi connectivity index (χ2n) is 7.65. The molecule has 0 aliphatic carbocycles. The zero-order valence-electron chi connectivity index (χ0n) is 16.0. The average Bonchev–Trinajstić information content (AvgIpc) is 2.45. The van der Waals surface area contributed by atoms with Gasteiger partial charge in [0.25, 0.3) is 0 Å². The summed E-state index contributed by atoms with van der Waals surface area (Å²) in [7, 11) is 0. The van der Waals surface area contributed by atoms with Gasteiger partial charge in [0.15, 0.2) is 0 Å². The van der Waals surface area contributed by atoms with Crippen LogP contribution in [0.5, 0.6) is 0 Å². The van der Waals surface area contributed by atoms with Crippen molar-refractivity contribution in [3.05, 3.63) is 0 Å². The minimum Gasteiger partial charge on any atom is -0.375 e. The second kappa shape index (κ2) is 12.3. The van der Waals surface area contributed by atoms with E-state index in [1.165, 1.54) is 38.5 Å². The van der Waals surface area contributed by atoms with Crippen LogP contribution in [0.3, 0.4) is 0 Å². The zero-order valence-corrected chi connectivity index (χ0v) is 16.0. The number of unbranched alkanes of at least 4 members (excludes halogenated alkanes) is 4. The molecule has 0 saturated carbocycles. The molecule has 0 fully saturated rings. The summed E-state index contributed by atoms with van der Waals surface area (Å²) in [6.45, 7) is 15.1. The van der Waals surface area contributed by atoms with Crippen molar-refractivity contribution in [2.75, 3.05) is 26.2 Å². The van der Waals surface area contributed by atoms with Gasteiger partial charge in [0.1, 0.15) is 0 Å². The molecule has 3 heteroatoms. The summed E-state index contributed by atoms with van der Waals surface area (Å²) in [5, 5.41) is 3.41. The fraction of sp³-hybridized carbons (Fsp3) is 1.00. The standard InChI is InChI=1S/C19H42N2O/c1-6-7-8-9-10-13-18(2,3)19(4,5)22-17-12-16-21-15-11-14-20/h21H,6-17,20H2,1-5H3. The fourth-order valence-electron chi connectivity index (χ4n) is 2.54. The van der Waals surface area contributed by atoms with Gasteiger partial charge in [0.2, 0.25) is 0 Å². The van der Waals surface area contributed by atoms with Crippen LogP contribution in [0.15, 0.2) is 0 Å². The molecule has 22 heavy (non-hydrogen) atoms. The number of rotatable bonds is 15. The monoisotopic (exact) mass is 314 g/mol. The molecule has 0 aliphatic rings. The van der Waals surface area contributed by atoms with Crippen LogP contribution >= 0.6 is 0 Å². The molecule has 0 aromatic heterocycles. The fourth-order valence-corrected chi connectivity index (χ4v) is 2.54. The highest BCUT2D eigenvalue weighted by Gasteiger charge is 2.37. The molecule has 0 atom stereocenters. The van der Waals surface area contributed by atoms with Gasteiger partial charge in [-0.3, -0.25) is 0 Å². The lowest BCUT2D eigenvalue weighted by molar-refractivity contribution is -0.102. The van der Waals surface area contributed by atoms with Crippen LogP contribution in [-0.4, -0.2) is 31.8 Å². The van der Waals surface area contributed by atoms with Crippen molar-refractivity contribution in [2.24, 2.45) is 11.1 Å². The Morgan fingerprint density at radius 1 is 0.864 bits per heavy atom. The molecular weight excluding hydrogens is 272 g/mol. The highest BCUT2D eigenvalue weighted by atomic mass is 16.5. The third-order valence-corrected chi connectivity index (χ3v) is 5.05. The van der Waals surface area contributed by atoms with E-state index in [0.29, 0.717) is 0 Å². The molecule has 0 aromatic carbocycles. The molecule has 0 bridgehead atoms. The highest BCUT2D eigenvalue weighted by Crippen LogP contribution is 2.38. The van der Waals surface area contributed by atoms with E-state index in [1.54, 1.807) is 0 Å². The van der Waals surface area contributed by atoms with E-state index in [2.05, 4.69) is 39.9 Å². The minimum atomic E-state index is -0.0605. The summed E-state index contributed by atoms with van der Waals surface area (Å²) in [6.07, 6.45) is 10.1. The summed E-state index contributed by atoms with van der Waals surface area (Å²) in [5.74, 6) is 0. The Hall–Kier alpha value is -0.120. The average molecular weight is 315 g/mol. The van der Waals surface area contributed by atoms with Gasteiger partial charge in [-0.15, -0.1) is 0 Å². The molecule has 0 aromatic rings. The first-order valence-corrected chi connectivity index (χ1v) is 9.42. The Morgan fingerprint density at radius 3 is 2.14 bits per heavy atom. The molecule has 0 rings (SSSR count). The molecule has 0 aliphatic heterocycles. The van der Waals surface area contributed by atoms with Crippen molar-refractivity contribution < 1.29 is 4.74 Å². The van der Waals surface area contributed by atoms with E-state index in [0.717, 1.165) is 39.1 Å². The summed E-state index contributed by atoms with van der Waals surface area (Å²) >= 11 is 0. The molecular formula is C19H42N2O. The number of hydrogen-bond donors (Lipinski definition) is 2. The maximum Gasteiger partial charge on any atom is 0.0677 e. The van der Waals surface area contributed by atoms with Gasteiger partial charge in [0, 0.05) is 6.61 Å². The van der Waals surface area contributed by atoms with Gasteiger partial charge in [-0.2, -0.15) is 0 Å². The molecule has 0 unspecified atom stereocenters. The normalized spacial score (nSPS) is 12.8. The highest BCUT2D eigenvalue weighted by molar-refractivity contribution is 4.87. The second-order valence-corrected chi connectivity index (χ2v) is 7.65. The van der Waals surface area contributed by atoms with Crippen LogP contribution in [-0.2, 0) is 4.74 Å². The topological polar surface area (TPSA) is 47.3 Å². The Balaban J connectivity index is 3.86. The molecule has 0 amide bonds. The van der Waals surface area contributed by atoms with E-state index < -0.39 is 0 Å². The van der Waals surface area contributed by atoms with Crippen LogP contribution in [0.4, 0.5) is 0 Å². The lowest BCUT2D eigenvalue weighted by Crippen LogP contribution is -2.42. The Bertz CT molecular complexity index is 252. The van der Waals surface area contributed by atoms with Crippen molar-refractivity contribution >= 4 is 0 Å². The Morgan fingerprint density at radius 2 is 1.50 bits per heavy atom. The minimum absolute atomic E-state index is 0.0605. The summed E-state index contributed by atoms with van der Waals surface area (Å²) in [5.41, 5.74) is 5.64. The van der Waals surface area contributed by atoms with Crippen LogP contribution < -0.4 is 11.1 Å². The van der Waals surface area contributed by atoms with E-state index in [1.807, 2.05) is 0 Å². The lowest BCUT2D eigenvalue weighted by atomic mass is 9.73. The van der Waals surface area contributed by atoms with E-state index in [4.69, 9.17) is 10.5 Å². The van der Waals surface area contributed by atoms with Crippen LogP contribution in [0.1, 0.15) is 86.0 Å². The molecule has 134 valence electrons. The SMILES string of the molecule is CCCCCCCC(C)(C)C(C)(C)OCCCNCCCN. The Kier molecular flexibility index (Phi) is 12.3. The van der Waals surface area contributed by atoms with E-state index in [-0.39, 0.29) is 11.0 Å². The first-order chi connectivity index (χ1) is 10.4. The zero-order chi connectivity index (χ0) is 16.9.